The molecule has 2 aromatic rings. The number of ether oxygens (including phenoxy) is 1. The lowest BCUT2D eigenvalue weighted by molar-refractivity contribution is 0.273. The zero-order valence-electron chi connectivity index (χ0n) is 12.5. The first-order valence-corrected chi connectivity index (χ1v) is 8.46. The number of aliphatic imine (C=N–C) groups is 1. The number of hydrogen-bond donors (Lipinski definition) is 1. The van der Waals surface area contributed by atoms with Crippen LogP contribution in [0.2, 0.25) is 0 Å². The van der Waals surface area contributed by atoms with Crippen LogP contribution in [0.25, 0.3) is 10.9 Å². The number of nitrogens with one attached hydrogen (secondary N) is 1. The summed E-state index contributed by atoms with van der Waals surface area (Å²) in [7, 11) is 0. The molecule has 0 spiro atoms. The smallest absolute Gasteiger partial charge is 0.185 e. The van der Waals surface area contributed by atoms with Gasteiger partial charge in [0.2, 0.25) is 0 Å². The second-order valence-electron chi connectivity index (χ2n) is 6.57. The lowest BCUT2D eigenvalue weighted by atomic mass is 10.0. The van der Waals surface area contributed by atoms with E-state index in [1.54, 1.807) is 0 Å². The van der Waals surface area contributed by atoms with Gasteiger partial charge in [-0.15, -0.1) is 11.8 Å². The van der Waals surface area contributed by atoms with Crippen LogP contribution in [0, 0.1) is 0 Å². The predicted molar refractivity (Wildman–Crippen MR) is 88.3 cm³/mol. The first-order valence-electron chi connectivity index (χ1n) is 7.58. The molecule has 110 valence electrons. The molecular weight excluding hydrogens is 280 g/mol. The van der Waals surface area contributed by atoms with E-state index in [1.165, 1.54) is 27.9 Å². The lowest BCUT2D eigenvalue weighted by Gasteiger charge is -2.21. The van der Waals surface area contributed by atoms with Gasteiger partial charge in [-0.3, -0.25) is 0 Å². The van der Waals surface area contributed by atoms with Crippen molar-refractivity contribution < 1.29 is 4.74 Å². The Morgan fingerprint density at radius 2 is 2.24 bits per heavy atom. The van der Waals surface area contributed by atoms with E-state index in [1.807, 2.05) is 11.8 Å². The van der Waals surface area contributed by atoms with E-state index in [0.717, 1.165) is 25.3 Å². The highest BCUT2D eigenvalue weighted by Crippen LogP contribution is 2.40. The van der Waals surface area contributed by atoms with Crippen LogP contribution < -0.4 is 0 Å². The summed E-state index contributed by atoms with van der Waals surface area (Å²) in [5, 5.41) is 3.29. The average Bonchev–Trinajstić information content (AvgIpc) is 2.98. The molecule has 3 nitrogen and oxygen atoms in total. The Morgan fingerprint density at radius 1 is 1.38 bits per heavy atom. The fourth-order valence-electron chi connectivity index (χ4n) is 3.16. The van der Waals surface area contributed by atoms with Crippen LogP contribution >= 0.6 is 11.8 Å². The van der Waals surface area contributed by atoms with Crippen molar-refractivity contribution in [3.05, 3.63) is 29.8 Å². The summed E-state index contributed by atoms with van der Waals surface area (Å²) in [6, 6.07) is 8.60. The van der Waals surface area contributed by atoms with E-state index >= 15 is 0 Å². The molecule has 1 atom stereocenters. The molecule has 0 amide bonds. The van der Waals surface area contributed by atoms with Crippen LogP contribution in [0.1, 0.15) is 32.3 Å². The summed E-state index contributed by atoms with van der Waals surface area (Å²) < 4.78 is 5.74. The Labute approximate surface area is 129 Å². The maximum atomic E-state index is 5.74. The summed E-state index contributed by atoms with van der Waals surface area (Å²) in [6.07, 6.45) is 3.29. The molecule has 0 saturated carbocycles. The first kappa shape index (κ1) is 13.3. The SMILES string of the molecule is CC1(C)COC(CC2CCc3c([nH]c4ccccc34)S2)=N1. The number of nitrogens with zero attached hydrogens (tertiary/aromatic N) is 1. The van der Waals surface area contributed by atoms with Crippen molar-refractivity contribution in [1.29, 1.82) is 0 Å². The van der Waals surface area contributed by atoms with Crippen LogP contribution in [0.15, 0.2) is 34.3 Å². The van der Waals surface area contributed by atoms with Crippen molar-refractivity contribution in [1.82, 2.24) is 4.98 Å². The number of benzene rings is 1. The van der Waals surface area contributed by atoms with Crippen molar-refractivity contribution in [2.45, 2.75) is 48.9 Å². The number of aryl methyl sites for hydroxylation is 1. The summed E-state index contributed by atoms with van der Waals surface area (Å²) in [6.45, 7) is 4.98. The Morgan fingerprint density at radius 3 is 3.05 bits per heavy atom. The fourth-order valence-corrected chi connectivity index (χ4v) is 4.48. The highest BCUT2D eigenvalue weighted by atomic mass is 32.2. The molecule has 1 unspecified atom stereocenters. The predicted octanol–water partition coefficient (Wildman–Crippen LogP) is 4.17. The molecule has 1 aromatic heterocycles. The maximum absolute atomic E-state index is 5.74. The molecular formula is C17H20N2OS. The number of aromatic nitrogens is 1. The molecule has 21 heavy (non-hydrogen) atoms. The molecule has 1 aromatic carbocycles. The minimum Gasteiger partial charge on any atom is -0.478 e. The zero-order chi connectivity index (χ0) is 14.4. The van der Waals surface area contributed by atoms with Crippen LogP contribution in [0.3, 0.4) is 0 Å². The number of aromatic amines is 1. The van der Waals surface area contributed by atoms with E-state index in [9.17, 15) is 0 Å². The molecule has 0 saturated heterocycles. The van der Waals surface area contributed by atoms with Gasteiger partial charge in [0.25, 0.3) is 0 Å². The third-order valence-electron chi connectivity index (χ3n) is 4.20. The van der Waals surface area contributed by atoms with Crippen molar-refractivity contribution in [3.8, 4) is 0 Å². The standard InChI is InChI=1S/C17H20N2OS/c1-17(2)10-20-15(19-17)9-11-7-8-13-12-5-3-4-6-14(12)18-16(13)21-11/h3-6,11,18H,7-10H2,1-2H3. The number of fused-ring (bicyclic) bond motifs is 3. The number of para-hydroxylation sites is 1. The number of rotatable bonds is 2. The summed E-state index contributed by atoms with van der Waals surface area (Å²) >= 11 is 1.95. The molecule has 0 radical (unpaired) electrons. The van der Waals surface area contributed by atoms with Gasteiger partial charge < -0.3 is 9.72 Å². The van der Waals surface area contributed by atoms with Gasteiger partial charge in [-0.2, -0.15) is 0 Å². The molecule has 3 heterocycles. The van der Waals surface area contributed by atoms with Gasteiger partial charge in [-0.05, 0) is 38.3 Å². The molecule has 4 rings (SSSR count). The van der Waals surface area contributed by atoms with Crippen molar-refractivity contribution in [2.75, 3.05) is 6.61 Å². The van der Waals surface area contributed by atoms with Crippen LogP contribution in [-0.2, 0) is 11.2 Å². The van der Waals surface area contributed by atoms with Crippen molar-refractivity contribution in [2.24, 2.45) is 4.99 Å². The molecule has 0 fully saturated rings. The molecule has 2 aliphatic heterocycles. The quantitative estimate of drug-likeness (QED) is 0.903. The topological polar surface area (TPSA) is 37.4 Å². The van der Waals surface area contributed by atoms with E-state index in [4.69, 9.17) is 4.74 Å². The second-order valence-corrected chi connectivity index (χ2v) is 7.88. The van der Waals surface area contributed by atoms with Gasteiger partial charge in [-0.1, -0.05) is 18.2 Å². The summed E-state index contributed by atoms with van der Waals surface area (Å²) in [5.41, 5.74) is 2.70. The van der Waals surface area contributed by atoms with Crippen LogP contribution in [0.5, 0.6) is 0 Å². The lowest BCUT2D eigenvalue weighted by Crippen LogP contribution is -2.17. The highest BCUT2D eigenvalue weighted by molar-refractivity contribution is 8.00. The summed E-state index contributed by atoms with van der Waals surface area (Å²) in [5.74, 6) is 0.942. The number of H-pyrrole nitrogens is 1. The zero-order valence-corrected chi connectivity index (χ0v) is 13.3. The van der Waals surface area contributed by atoms with Gasteiger partial charge in [0.05, 0.1) is 10.6 Å². The molecule has 1 N–H and O–H groups in total. The van der Waals surface area contributed by atoms with Crippen LogP contribution in [0.4, 0.5) is 0 Å². The Hall–Kier alpha value is -1.42. The Kier molecular flexibility index (Phi) is 3.03. The Bertz CT molecular complexity index is 717. The second kappa shape index (κ2) is 4.80. The van der Waals surface area contributed by atoms with E-state index in [-0.39, 0.29) is 5.54 Å². The monoisotopic (exact) mass is 300 g/mol. The average molecular weight is 300 g/mol. The largest absolute Gasteiger partial charge is 0.478 e. The van der Waals surface area contributed by atoms with Gasteiger partial charge in [-0.25, -0.2) is 4.99 Å². The van der Waals surface area contributed by atoms with E-state index in [0.29, 0.717) is 5.25 Å². The number of thioether (sulfide) groups is 1. The highest BCUT2D eigenvalue weighted by Gasteiger charge is 2.30. The fraction of sp³-hybridized carbons (Fsp3) is 0.471. The minimum absolute atomic E-state index is 0.0407. The molecule has 2 aliphatic rings. The maximum Gasteiger partial charge on any atom is 0.185 e. The molecule has 0 bridgehead atoms. The molecule has 4 heteroatoms. The van der Waals surface area contributed by atoms with E-state index < -0.39 is 0 Å². The summed E-state index contributed by atoms with van der Waals surface area (Å²) in [4.78, 5) is 8.25. The molecule has 0 aliphatic carbocycles. The normalized spacial score (nSPS) is 23.7. The van der Waals surface area contributed by atoms with Gasteiger partial charge in [0.1, 0.15) is 6.61 Å². The third-order valence-corrected chi connectivity index (χ3v) is 5.52. The van der Waals surface area contributed by atoms with E-state index in [2.05, 4.69) is 48.1 Å². The van der Waals surface area contributed by atoms with Gasteiger partial charge in [0.15, 0.2) is 5.90 Å². The van der Waals surface area contributed by atoms with Crippen LogP contribution in [-0.4, -0.2) is 28.3 Å². The van der Waals surface area contributed by atoms with Gasteiger partial charge in [0, 0.05) is 22.6 Å². The number of hydrogen-bond acceptors (Lipinski definition) is 3. The first-order chi connectivity index (χ1) is 10.1. The minimum atomic E-state index is -0.0407. The van der Waals surface area contributed by atoms with Gasteiger partial charge >= 0.3 is 0 Å². The van der Waals surface area contributed by atoms with Crippen molar-refractivity contribution >= 4 is 28.6 Å². The Balaban J connectivity index is 1.54. The van der Waals surface area contributed by atoms with Crippen molar-refractivity contribution in [3.63, 3.8) is 0 Å². The third kappa shape index (κ3) is 2.46.